The maximum atomic E-state index is 5.60. The van der Waals surface area contributed by atoms with Crippen LogP contribution < -0.4 is 0 Å². The van der Waals surface area contributed by atoms with Crippen molar-refractivity contribution in [3.63, 3.8) is 0 Å². The molecule has 11 heavy (non-hydrogen) atoms. The normalized spacial score (nSPS) is 37.8. The fraction of sp³-hybridized carbons (Fsp3) is 0.778. The molecule has 0 aromatic rings. The van der Waals surface area contributed by atoms with E-state index in [1.165, 1.54) is 12.8 Å². The monoisotopic (exact) mass is 154 g/mol. The molecule has 1 spiro atoms. The highest BCUT2D eigenvalue weighted by atomic mass is 16.7. The summed E-state index contributed by atoms with van der Waals surface area (Å²) in [7, 11) is 0. The molecule has 2 rings (SSSR count). The Morgan fingerprint density at radius 1 is 1.09 bits per heavy atom. The Morgan fingerprint density at radius 3 is 2.64 bits per heavy atom. The Hall–Kier alpha value is -0.340. The minimum atomic E-state index is -0.323. The van der Waals surface area contributed by atoms with Gasteiger partial charge in [-0.2, -0.15) is 0 Å². The highest BCUT2D eigenvalue weighted by Crippen LogP contribution is 2.29. The van der Waals surface area contributed by atoms with Gasteiger partial charge >= 0.3 is 0 Å². The molecule has 1 fully saturated rings. The molecular weight excluding hydrogens is 140 g/mol. The predicted molar refractivity (Wildman–Crippen MR) is 42.2 cm³/mol. The van der Waals surface area contributed by atoms with Crippen molar-refractivity contribution in [2.24, 2.45) is 0 Å². The molecule has 0 aromatic carbocycles. The number of rotatable bonds is 0. The van der Waals surface area contributed by atoms with Gasteiger partial charge in [0, 0.05) is 6.42 Å². The van der Waals surface area contributed by atoms with Crippen LogP contribution >= 0.6 is 0 Å². The Balaban J connectivity index is 2.06. The van der Waals surface area contributed by atoms with Crippen LogP contribution in [0, 0.1) is 0 Å². The third-order valence-electron chi connectivity index (χ3n) is 2.27. The molecule has 0 radical (unpaired) electrons. The maximum absolute atomic E-state index is 5.60. The largest absolute Gasteiger partial charge is 0.346 e. The second kappa shape index (κ2) is 2.95. The Morgan fingerprint density at radius 2 is 2.00 bits per heavy atom. The first kappa shape index (κ1) is 7.32. The summed E-state index contributed by atoms with van der Waals surface area (Å²) in [6, 6.07) is 0. The summed E-state index contributed by atoms with van der Waals surface area (Å²) < 4.78 is 11.2. The van der Waals surface area contributed by atoms with Crippen LogP contribution in [0.2, 0.25) is 0 Å². The van der Waals surface area contributed by atoms with Crippen molar-refractivity contribution in [2.75, 3.05) is 13.2 Å². The van der Waals surface area contributed by atoms with E-state index in [1.807, 2.05) is 0 Å². The molecule has 2 aliphatic heterocycles. The summed E-state index contributed by atoms with van der Waals surface area (Å²) >= 11 is 0. The third-order valence-corrected chi connectivity index (χ3v) is 2.27. The van der Waals surface area contributed by atoms with E-state index in [0.29, 0.717) is 0 Å². The van der Waals surface area contributed by atoms with Gasteiger partial charge in [0.05, 0.1) is 13.2 Å². The van der Waals surface area contributed by atoms with Crippen LogP contribution in [-0.4, -0.2) is 19.0 Å². The molecule has 62 valence electrons. The van der Waals surface area contributed by atoms with Gasteiger partial charge in [-0.05, 0) is 25.3 Å². The van der Waals surface area contributed by atoms with Gasteiger partial charge in [0.1, 0.15) is 0 Å². The van der Waals surface area contributed by atoms with Gasteiger partial charge in [-0.25, -0.2) is 0 Å². The lowest BCUT2D eigenvalue weighted by Crippen LogP contribution is -2.39. The molecule has 2 heterocycles. The second-order valence-corrected chi connectivity index (χ2v) is 3.16. The van der Waals surface area contributed by atoms with E-state index in [0.717, 1.165) is 26.1 Å². The van der Waals surface area contributed by atoms with E-state index in [-0.39, 0.29) is 5.79 Å². The number of ether oxygens (including phenoxy) is 2. The van der Waals surface area contributed by atoms with E-state index >= 15 is 0 Å². The van der Waals surface area contributed by atoms with Crippen molar-refractivity contribution in [3.8, 4) is 0 Å². The van der Waals surface area contributed by atoms with Crippen LogP contribution in [0.1, 0.15) is 25.7 Å². The molecule has 1 saturated heterocycles. The van der Waals surface area contributed by atoms with Crippen LogP contribution in [0.25, 0.3) is 0 Å². The minimum Gasteiger partial charge on any atom is -0.346 e. The first-order valence-corrected chi connectivity index (χ1v) is 4.37. The lowest BCUT2D eigenvalue weighted by atomic mass is 10.0. The van der Waals surface area contributed by atoms with Crippen LogP contribution in [0.3, 0.4) is 0 Å². The molecule has 2 nitrogen and oxygen atoms in total. The SMILES string of the molecule is C1=CC2(CCCCO2)OCC1. The van der Waals surface area contributed by atoms with Gasteiger partial charge in [-0.3, -0.25) is 0 Å². The van der Waals surface area contributed by atoms with Crippen LogP contribution in [0.15, 0.2) is 12.2 Å². The molecule has 0 bridgehead atoms. The summed E-state index contributed by atoms with van der Waals surface area (Å²) in [5.74, 6) is -0.323. The Kier molecular flexibility index (Phi) is 1.96. The fourth-order valence-corrected chi connectivity index (χ4v) is 1.65. The van der Waals surface area contributed by atoms with Crippen molar-refractivity contribution < 1.29 is 9.47 Å². The van der Waals surface area contributed by atoms with Gasteiger partial charge in [-0.15, -0.1) is 0 Å². The average molecular weight is 154 g/mol. The standard InChI is InChI=1S/C9H14O2/c1-3-7-10-9(5-1)6-2-4-8-11-9/h1,5H,2-4,6-8H2. The summed E-state index contributed by atoms with van der Waals surface area (Å²) in [5, 5.41) is 0. The highest BCUT2D eigenvalue weighted by molar-refractivity contribution is 5.00. The Bertz CT molecular complexity index is 157. The zero-order valence-corrected chi connectivity index (χ0v) is 6.71. The lowest BCUT2D eigenvalue weighted by Gasteiger charge is -2.36. The van der Waals surface area contributed by atoms with Crippen LogP contribution in [-0.2, 0) is 9.47 Å². The summed E-state index contributed by atoms with van der Waals surface area (Å²) in [4.78, 5) is 0. The highest BCUT2D eigenvalue weighted by Gasteiger charge is 2.32. The van der Waals surface area contributed by atoms with E-state index < -0.39 is 0 Å². The maximum Gasteiger partial charge on any atom is 0.187 e. The first-order valence-electron chi connectivity index (χ1n) is 4.37. The van der Waals surface area contributed by atoms with Crippen molar-refractivity contribution in [3.05, 3.63) is 12.2 Å². The molecular formula is C9H14O2. The summed E-state index contributed by atoms with van der Waals surface area (Å²) in [5.41, 5.74) is 0. The molecule has 0 amide bonds. The molecule has 2 aliphatic rings. The van der Waals surface area contributed by atoms with E-state index in [1.54, 1.807) is 0 Å². The zero-order chi connectivity index (χ0) is 7.57. The van der Waals surface area contributed by atoms with E-state index in [4.69, 9.17) is 9.47 Å². The van der Waals surface area contributed by atoms with Crippen molar-refractivity contribution in [1.82, 2.24) is 0 Å². The first-order chi connectivity index (χ1) is 5.41. The van der Waals surface area contributed by atoms with Gasteiger partial charge < -0.3 is 9.47 Å². The molecule has 1 atom stereocenters. The smallest absolute Gasteiger partial charge is 0.187 e. The molecule has 0 N–H and O–H groups in total. The van der Waals surface area contributed by atoms with E-state index in [9.17, 15) is 0 Å². The van der Waals surface area contributed by atoms with E-state index in [2.05, 4.69) is 12.2 Å². The molecule has 0 saturated carbocycles. The topological polar surface area (TPSA) is 18.5 Å². The number of hydrogen-bond acceptors (Lipinski definition) is 2. The van der Waals surface area contributed by atoms with Crippen LogP contribution in [0.5, 0.6) is 0 Å². The van der Waals surface area contributed by atoms with Gasteiger partial charge in [0.15, 0.2) is 5.79 Å². The van der Waals surface area contributed by atoms with Crippen molar-refractivity contribution in [1.29, 1.82) is 0 Å². The average Bonchev–Trinajstić information content (AvgIpc) is 2.07. The number of hydrogen-bond donors (Lipinski definition) is 0. The second-order valence-electron chi connectivity index (χ2n) is 3.16. The third kappa shape index (κ3) is 1.47. The zero-order valence-electron chi connectivity index (χ0n) is 6.71. The summed E-state index contributed by atoms with van der Waals surface area (Å²) in [6.45, 7) is 1.67. The van der Waals surface area contributed by atoms with Gasteiger partial charge in [0.2, 0.25) is 0 Å². The molecule has 1 unspecified atom stereocenters. The van der Waals surface area contributed by atoms with Gasteiger partial charge in [-0.1, -0.05) is 6.08 Å². The van der Waals surface area contributed by atoms with Crippen molar-refractivity contribution in [2.45, 2.75) is 31.5 Å². The minimum absolute atomic E-state index is 0.323. The quantitative estimate of drug-likeness (QED) is 0.496. The lowest BCUT2D eigenvalue weighted by molar-refractivity contribution is -0.226. The van der Waals surface area contributed by atoms with Crippen LogP contribution in [0.4, 0.5) is 0 Å². The predicted octanol–water partition coefficient (Wildman–Crippen LogP) is 1.86. The molecule has 0 aromatic heterocycles. The Labute approximate surface area is 67.2 Å². The van der Waals surface area contributed by atoms with Gasteiger partial charge in [0.25, 0.3) is 0 Å². The van der Waals surface area contributed by atoms with Crippen molar-refractivity contribution >= 4 is 0 Å². The molecule has 2 heteroatoms. The molecule has 0 aliphatic carbocycles. The fourth-order valence-electron chi connectivity index (χ4n) is 1.65. The summed E-state index contributed by atoms with van der Waals surface area (Å²) in [6.07, 6.45) is 8.71.